The predicted molar refractivity (Wildman–Crippen MR) is 128 cm³/mol. The third kappa shape index (κ3) is 6.04. The van der Waals surface area contributed by atoms with Gasteiger partial charge < -0.3 is 10.2 Å². The molecule has 1 fully saturated rings. The first-order chi connectivity index (χ1) is 16.7. The summed E-state index contributed by atoms with van der Waals surface area (Å²) < 4.78 is 42.1. The van der Waals surface area contributed by atoms with Crippen LogP contribution in [0.15, 0.2) is 65.8 Å². The minimum atomic E-state index is -3.87. The van der Waals surface area contributed by atoms with Crippen molar-refractivity contribution in [3.8, 4) is 0 Å². The van der Waals surface area contributed by atoms with E-state index in [0.29, 0.717) is 30.8 Å². The van der Waals surface area contributed by atoms with Crippen LogP contribution in [0.5, 0.6) is 0 Å². The summed E-state index contributed by atoms with van der Waals surface area (Å²) in [7, 11) is -2.12. The summed E-state index contributed by atoms with van der Waals surface area (Å²) in [6.45, 7) is 1.64. The van der Waals surface area contributed by atoms with Crippen molar-refractivity contribution in [2.75, 3.05) is 24.4 Å². The van der Waals surface area contributed by atoms with Gasteiger partial charge in [-0.15, -0.1) is 0 Å². The van der Waals surface area contributed by atoms with Crippen LogP contribution in [0.4, 0.5) is 10.1 Å². The fraction of sp³-hybridized carbons (Fsp3) is 0.292. The molecular formula is C24H26FN5O4S. The van der Waals surface area contributed by atoms with Gasteiger partial charge in [-0.1, -0.05) is 0 Å². The maximum atomic E-state index is 13.0. The zero-order valence-corrected chi connectivity index (χ0v) is 20.0. The molecule has 0 radical (unpaired) electrons. The van der Waals surface area contributed by atoms with Crippen LogP contribution in [0.25, 0.3) is 0 Å². The Morgan fingerprint density at radius 3 is 2.29 bits per heavy atom. The van der Waals surface area contributed by atoms with Gasteiger partial charge in [0.15, 0.2) is 0 Å². The van der Waals surface area contributed by atoms with Gasteiger partial charge in [0.1, 0.15) is 5.82 Å². The van der Waals surface area contributed by atoms with Crippen molar-refractivity contribution in [1.82, 2.24) is 20.0 Å². The van der Waals surface area contributed by atoms with Crippen LogP contribution < -0.4 is 10.0 Å². The molecule has 2 heterocycles. The predicted octanol–water partition coefficient (Wildman–Crippen LogP) is 2.64. The van der Waals surface area contributed by atoms with Crippen molar-refractivity contribution >= 4 is 27.5 Å². The summed E-state index contributed by atoms with van der Waals surface area (Å²) in [5, 5.41) is 6.91. The fourth-order valence-corrected chi connectivity index (χ4v) is 4.97. The van der Waals surface area contributed by atoms with Crippen molar-refractivity contribution in [2.45, 2.75) is 17.7 Å². The van der Waals surface area contributed by atoms with Crippen LogP contribution >= 0.6 is 0 Å². The number of benzene rings is 2. The number of hydrogen-bond donors (Lipinski definition) is 2. The number of nitrogens with zero attached hydrogens (tertiary/aromatic N) is 3. The number of carbonyl (C=O) groups excluding carboxylic acids is 2. The number of nitrogens with one attached hydrogen (secondary N) is 2. The zero-order valence-electron chi connectivity index (χ0n) is 19.1. The van der Waals surface area contributed by atoms with E-state index in [1.165, 1.54) is 42.6 Å². The van der Waals surface area contributed by atoms with Gasteiger partial charge in [-0.05, 0) is 67.3 Å². The standard InChI is InChI=1S/C24H26FN5O4S/c1-29-16-19(15-27-29)23(31)26-14-17-10-12-30(13-11-17)24(32)18-2-8-22(9-3-18)35(33,34)28-21-6-4-20(25)5-7-21/h2-9,15-17,28H,10-14H2,1H3,(H,26,31). The number of aromatic nitrogens is 2. The molecule has 184 valence electrons. The molecule has 0 unspecified atom stereocenters. The second-order valence-corrected chi connectivity index (χ2v) is 10.2. The number of hydrogen-bond acceptors (Lipinski definition) is 5. The molecule has 0 bridgehead atoms. The van der Waals surface area contributed by atoms with Crippen LogP contribution in [-0.4, -0.2) is 54.5 Å². The van der Waals surface area contributed by atoms with E-state index in [-0.39, 0.29) is 28.3 Å². The summed E-state index contributed by atoms with van der Waals surface area (Å²) in [5.74, 6) is -0.530. The topological polar surface area (TPSA) is 113 Å². The van der Waals surface area contributed by atoms with Crippen molar-refractivity contribution in [1.29, 1.82) is 0 Å². The molecule has 2 N–H and O–H groups in total. The van der Waals surface area contributed by atoms with E-state index in [4.69, 9.17) is 0 Å². The highest BCUT2D eigenvalue weighted by Gasteiger charge is 2.25. The van der Waals surface area contributed by atoms with Crippen LogP contribution in [0, 0.1) is 11.7 Å². The highest BCUT2D eigenvalue weighted by atomic mass is 32.2. The summed E-state index contributed by atoms with van der Waals surface area (Å²) in [5.41, 5.74) is 1.15. The van der Waals surface area contributed by atoms with Gasteiger partial charge in [-0.3, -0.25) is 19.0 Å². The second kappa shape index (κ2) is 10.3. The van der Waals surface area contributed by atoms with Gasteiger partial charge in [0.05, 0.1) is 16.7 Å². The second-order valence-electron chi connectivity index (χ2n) is 8.49. The molecule has 1 aromatic heterocycles. The average molecular weight is 500 g/mol. The van der Waals surface area contributed by atoms with Crippen LogP contribution in [-0.2, 0) is 17.1 Å². The van der Waals surface area contributed by atoms with E-state index in [9.17, 15) is 22.4 Å². The van der Waals surface area contributed by atoms with Gasteiger partial charge in [0, 0.05) is 44.1 Å². The van der Waals surface area contributed by atoms with Crippen molar-refractivity contribution in [3.63, 3.8) is 0 Å². The lowest BCUT2D eigenvalue weighted by Crippen LogP contribution is -2.41. The quantitative estimate of drug-likeness (QED) is 0.519. The third-order valence-electron chi connectivity index (χ3n) is 5.93. The third-order valence-corrected chi connectivity index (χ3v) is 7.33. The number of aryl methyl sites for hydroxylation is 1. The van der Waals surface area contributed by atoms with E-state index in [1.54, 1.807) is 22.8 Å². The van der Waals surface area contributed by atoms with Crippen molar-refractivity contribution in [2.24, 2.45) is 13.0 Å². The van der Waals surface area contributed by atoms with Gasteiger partial charge in [-0.25, -0.2) is 12.8 Å². The number of likely N-dealkylation sites (tertiary alicyclic amines) is 1. The number of halogens is 1. The van der Waals surface area contributed by atoms with Gasteiger partial charge >= 0.3 is 0 Å². The summed E-state index contributed by atoms with van der Waals surface area (Å²) >= 11 is 0. The first-order valence-corrected chi connectivity index (χ1v) is 12.6. The highest BCUT2D eigenvalue weighted by molar-refractivity contribution is 7.92. The molecule has 9 nitrogen and oxygen atoms in total. The first-order valence-electron chi connectivity index (χ1n) is 11.2. The number of anilines is 1. The minimum absolute atomic E-state index is 0.00133. The maximum absolute atomic E-state index is 13.0. The molecule has 1 saturated heterocycles. The summed E-state index contributed by atoms with van der Waals surface area (Å²) in [4.78, 5) is 26.8. The van der Waals surface area contributed by atoms with E-state index in [1.807, 2.05) is 0 Å². The van der Waals surface area contributed by atoms with E-state index in [2.05, 4.69) is 15.1 Å². The molecule has 0 spiro atoms. The lowest BCUT2D eigenvalue weighted by atomic mass is 9.96. The Kier molecular flexibility index (Phi) is 7.15. The molecular weight excluding hydrogens is 473 g/mol. The molecule has 3 aromatic rings. The number of rotatable bonds is 7. The fourth-order valence-electron chi connectivity index (χ4n) is 3.91. The number of amides is 2. The summed E-state index contributed by atoms with van der Waals surface area (Å²) in [6, 6.07) is 10.7. The van der Waals surface area contributed by atoms with E-state index >= 15 is 0 Å². The lowest BCUT2D eigenvalue weighted by Gasteiger charge is -2.32. The molecule has 0 saturated carbocycles. The minimum Gasteiger partial charge on any atom is -0.352 e. The Bertz CT molecular complexity index is 1300. The van der Waals surface area contributed by atoms with Crippen LogP contribution in [0.3, 0.4) is 0 Å². The Morgan fingerprint density at radius 2 is 1.69 bits per heavy atom. The number of carbonyl (C=O) groups is 2. The monoisotopic (exact) mass is 499 g/mol. The smallest absolute Gasteiger partial charge is 0.261 e. The van der Waals surface area contributed by atoms with Gasteiger partial charge in [0.25, 0.3) is 21.8 Å². The molecule has 1 aliphatic heterocycles. The summed E-state index contributed by atoms with van der Waals surface area (Å²) in [6.07, 6.45) is 4.69. The Balaban J connectivity index is 1.29. The molecule has 11 heteroatoms. The van der Waals surface area contributed by atoms with E-state index in [0.717, 1.165) is 25.0 Å². The van der Waals surface area contributed by atoms with Crippen molar-refractivity contribution in [3.05, 3.63) is 77.9 Å². The average Bonchev–Trinajstić information content (AvgIpc) is 3.30. The van der Waals surface area contributed by atoms with Gasteiger partial charge in [0.2, 0.25) is 0 Å². The SMILES string of the molecule is Cn1cc(C(=O)NCC2CCN(C(=O)c3ccc(S(=O)(=O)Nc4ccc(F)cc4)cc3)CC2)cn1. The molecule has 0 atom stereocenters. The first kappa shape index (κ1) is 24.4. The van der Waals surface area contributed by atoms with Crippen molar-refractivity contribution < 1.29 is 22.4 Å². The largest absolute Gasteiger partial charge is 0.352 e. The zero-order chi connectivity index (χ0) is 25.0. The van der Waals surface area contributed by atoms with Crippen LogP contribution in [0.1, 0.15) is 33.6 Å². The van der Waals surface area contributed by atoms with E-state index < -0.39 is 15.8 Å². The Morgan fingerprint density at radius 1 is 1.03 bits per heavy atom. The molecule has 4 rings (SSSR count). The van der Waals surface area contributed by atoms with Crippen LogP contribution in [0.2, 0.25) is 0 Å². The Hall–Kier alpha value is -3.73. The Labute approximate surface area is 203 Å². The highest BCUT2D eigenvalue weighted by Crippen LogP contribution is 2.21. The molecule has 0 aliphatic carbocycles. The van der Waals surface area contributed by atoms with Gasteiger partial charge in [-0.2, -0.15) is 5.10 Å². The molecule has 1 aliphatic rings. The normalized spacial score (nSPS) is 14.5. The number of sulfonamides is 1. The molecule has 35 heavy (non-hydrogen) atoms. The molecule has 2 amide bonds. The molecule has 2 aromatic carbocycles. The number of piperidine rings is 1. The maximum Gasteiger partial charge on any atom is 0.261 e. The lowest BCUT2D eigenvalue weighted by molar-refractivity contribution is 0.0684.